The molecule has 0 amide bonds. The smallest absolute Gasteiger partial charge is 0.191 e. The maximum absolute atomic E-state index is 4.27. The van der Waals surface area contributed by atoms with E-state index in [2.05, 4.69) is 51.8 Å². The predicted octanol–water partition coefficient (Wildman–Crippen LogP) is 3.30. The van der Waals surface area contributed by atoms with Crippen LogP contribution >= 0.6 is 23.1 Å². The van der Waals surface area contributed by atoms with E-state index in [1.165, 1.54) is 9.77 Å². The van der Waals surface area contributed by atoms with Gasteiger partial charge in [-0.2, -0.15) is 0 Å². The standard InChI is InChI=1S/C16H22N4S2/c1-12(22-14-7-5-4-6-8-14)9-18-16(17-3)19-10-15-13(2)20-11-21-15/h4-8,11-12H,9-10H2,1-3H3,(H2,17,18,19). The Morgan fingerprint density at radius 1 is 1.32 bits per heavy atom. The average Bonchev–Trinajstić information content (AvgIpc) is 2.94. The quantitative estimate of drug-likeness (QED) is 0.483. The SMILES string of the molecule is CN=C(NCc1scnc1C)NCC(C)Sc1ccccc1. The van der Waals surface area contributed by atoms with Crippen LogP contribution in [0, 0.1) is 6.92 Å². The number of aliphatic imine (C=N–C) groups is 1. The number of benzene rings is 1. The molecule has 4 nitrogen and oxygen atoms in total. The van der Waals surface area contributed by atoms with Crippen molar-refractivity contribution in [3.63, 3.8) is 0 Å². The summed E-state index contributed by atoms with van der Waals surface area (Å²) in [5, 5.41) is 7.17. The van der Waals surface area contributed by atoms with Crippen LogP contribution < -0.4 is 10.6 Å². The number of thiazole rings is 1. The number of aromatic nitrogens is 1. The van der Waals surface area contributed by atoms with Crippen LogP contribution in [-0.4, -0.2) is 29.8 Å². The van der Waals surface area contributed by atoms with Crippen LogP contribution in [0.3, 0.4) is 0 Å². The van der Waals surface area contributed by atoms with Gasteiger partial charge in [0.05, 0.1) is 17.7 Å². The van der Waals surface area contributed by atoms with E-state index < -0.39 is 0 Å². The fraction of sp³-hybridized carbons (Fsp3) is 0.375. The summed E-state index contributed by atoms with van der Waals surface area (Å²) in [6, 6.07) is 10.5. The van der Waals surface area contributed by atoms with E-state index >= 15 is 0 Å². The van der Waals surface area contributed by atoms with Crippen molar-refractivity contribution >= 4 is 29.1 Å². The van der Waals surface area contributed by atoms with Gasteiger partial charge in [0.1, 0.15) is 0 Å². The van der Waals surface area contributed by atoms with Crippen molar-refractivity contribution in [3.05, 3.63) is 46.4 Å². The zero-order valence-corrected chi connectivity index (χ0v) is 14.8. The minimum Gasteiger partial charge on any atom is -0.355 e. The van der Waals surface area contributed by atoms with Crippen LogP contribution in [0.15, 0.2) is 45.7 Å². The van der Waals surface area contributed by atoms with Gasteiger partial charge in [0, 0.05) is 28.6 Å². The number of rotatable bonds is 6. The highest BCUT2D eigenvalue weighted by Gasteiger charge is 2.07. The molecule has 0 radical (unpaired) electrons. The van der Waals surface area contributed by atoms with Gasteiger partial charge in [0.15, 0.2) is 5.96 Å². The van der Waals surface area contributed by atoms with E-state index in [9.17, 15) is 0 Å². The third-order valence-electron chi connectivity index (χ3n) is 3.12. The molecule has 1 aromatic carbocycles. The van der Waals surface area contributed by atoms with Gasteiger partial charge in [0.25, 0.3) is 0 Å². The first-order valence-corrected chi connectivity index (χ1v) is 9.00. The van der Waals surface area contributed by atoms with Crippen LogP contribution in [0.4, 0.5) is 0 Å². The molecule has 0 spiro atoms. The molecule has 0 saturated heterocycles. The summed E-state index contributed by atoms with van der Waals surface area (Å²) in [6.45, 7) is 5.87. The molecule has 0 bridgehead atoms. The summed E-state index contributed by atoms with van der Waals surface area (Å²) >= 11 is 3.53. The van der Waals surface area contributed by atoms with Crippen LogP contribution in [0.1, 0.15) is 17.5 Å². The number of aryl methyl sites for hydroxylation is 1. The van der Waals surface area contributed by atoms with E-state index in [-0.39, 0.29) is 0 Å². The number of nitrogens with one attached hydrogen (secondary N) is 2. The Morgan fingerprint density at radius 2 is 2.09 bits per heavy atom. The molecule has 22 heavy (non-hydrogen) atoms. The minimum atomic E-state index is 0.464. The van der Waals surface area contributed by atoms with E-state index in [4.69, 9.17) is 0 Å². The second kappa shape index (κ2) is 8.80. The summed E-state index contributed by atoms with van der Waals surface area (Å²) in [5.74, 6) is 0.827. The summed E-state index contributed by atoms with van der Waals surface area (Å²) in [7, 11) is 1.80. The Morgan fingerprint density at radius 3 is 2.73 bits per heavy atom. The number of hydrogen-bond acceptors (Lipinski definition) is 4. The topological polar surface area (TPSA) is 49.3 Å². The monoisotopic (exact) mass is 334 g/mol. The molecule has 118 valence electrons. The fourth-order valence-electron chi connectivity index (χ4n) is 1.89. The first kappa shape index (κ1) is 16.8. The molecule has 6 heteroatoms. The van der Waals surface area contributed by atoms with Gasteiger partial charge in [-0.15, -0.1) is 23.1 Å². The molecule has 1 aromatic heterocycles. The van der Waals surface area contributed by atoms with Crippen molar-refractivity contribution in [3.8, 4) is 0 Å². The third-order valence-corrected chi connectivity index (χ3v) is 5.17. The highest BCUT2D eigenvalue weighted by molar-refractivity contribution is 8.00. The second-order valence-corrected chi connectivity index (χ2v) is 7.36. The van der Waals surface area contributed by atoms with E-state index in [0.29, 0.717) is 5.25 Å². The molecule has 2 N–H and O–H groups in total. The molecule has 0 aliphatic heterocycles. The first-order valence-electron chi connectivity index (χ1n) is 7.24. The minimum absolute atomic E-state index is 0.464. The Kier molecular flexibility index (Phi) is 6.74. The van der Waals surface area contributed by atoms with Crippen LogP contribution in [0.25, 0.3) is 0 Å². The largest absolute Gasteiger partial charge is 0.355 e. The second-order valence-electron chi connectivity index (χ2n) is 4.91. The van der Waals surface area contributed by atoms with Crippen LogP contribution in [0.5, 0.6) is 0 Å². The van der Waals surface area contributed by atoms with Crippen molar-refractivity contribution < 1.29 is 0 Å². The molecule has 0 aliphatic rings. The molecule has 1 unspecified atom stereocenters. The molecular formula is C16H22N4S2. The maximum atomic E-state index is 4.27. The lowest BCUT2D eigenvalue weighted by molar-refractivity contribution is 0.792. The van der Waals surface area contributed by atoms with Gasteiger partial charge in [-0.1, -0.05) is 25.1 Å². The van der Waals surface area contributed by atoms with Gasteiger partial charge in [-0.25, -0.2) is 4.98 Å². The molecule has 1 atom stereocenters. The number of hydrogen-bond donors (Lipinski definition) is 2. The lowest BCUT2D eigenvalue weighted by Gasteiger charge is -2.15. The maximum Gasteiger partial charge on any atom is 0.191 e. The van der Waals surface area contributed by atoms with Crippen molar-refractivity contribution in [1.82, 2.24) is 15.6 Å². The Bertz CT molecular complexity index is 595. The van der Waals surface area contributed by atoms with Gasteiger partial charge in [-0.3, -0.25) is 4.99 Å². The third kappa shape index (κ3) is 5.35. The summed E-state index contributed by atoms with van der Waals surface area (Å²) in [5.41, 5.74) is 2.96. The zero-order chi connectivity index (χ0) is 15.8. The fourth-order valence-corrected chi connectivity index (χ4v) is 3.56. The van der Waals surface area contributed by atoms with Crippen LogP contribution in [0.2, 0.25) is 0 Å². The molecule has 0 saturated carbocycles. The van der Waals surface area contributed by atoms with Gasteiger partial charge < -0.3 is 10.6 Å². The highest BCUT2D eigenvalue weighted by atomic mass is 32.2. The van der Waals surface area contributed by atoms with E-state index in [1.54, 1.807) is 18.4 Å². The summed E-state index contributed by atoms with van der Waals surface area (Å²) in [6.07, 6.45) is 0. The molecule has 0 fully saturated rings. The molecule has 2 aromatic rings. The number of nitrogens with zero attached hydrogens (tertiary/aromatic N) is 2. The Hall–Kier alpha value is -1.53. The van der Waals surface area contributed by atoms with Gasteiger partial charge in [-0.05, 0) is 19.1 Å². The van der Waals surface area contributed by atoms with Crippen molar-refractivity contribution in [2.45, 2.75) is 30.5 Å². The molecule has 1 heterocycles. The number of guanidine groups is 1. The predicted molar refractivity (Wildman–Crippen MR) is 96.8 cm³/mol. The Labute approximate surface area is 140 Å². The Balaban J connectivity index is 1.75. The molecule has 2 rings (SSSR count). The average molecular weight is 335 g/mol. The normalized spacial score (nSPS) is 13.0. The van der Waals surface area contributed by atoms with Crippen molar-refractivity contribution in [1.29, 1.82) is 0 Å². The number of thioether (sulfide) groups is 1. The highest BCUT2D eigenvalue weighted by Crippen LogP contribution is 2.21. The van der Waals surface area contributed by atoms with Gasteiger partial charge in [0.2, 0.25) is 0 Å². The van der Waals surface area contributed by atoms with E-state index in [1.807, 2.05) is 30.3 Å². The van der Waals surface area contributed by atoms with Crippen molar-refractivity contribution in [2.24, 2.45) is 4.99 Å². The first-order chi connectivity index (χ1) is 10.7. The zero-order valence-electron chi connectivity index (χ0n) is 13.2. The van der Waals surface area contributed by atoms with Crippen LogP contribution in [-0.2, 0) is 6.54 Å². The lowest BCUT2D eigenvalue weighted by Crippen LogP contribution is -2.39. The summed E-state index contributed by atoms with van der Waals surface area (Å²) < 4.78 is 0. The van der Waals surface area contributed by atoms with Gasteiger partial charge >= 0.3 is 0 Å². The summed E-state index contributed by atoms with van der Waals surface area (Å²) in [4.78, 5) is 11.1. The lowest BCUT2D eigenvalue weighted by atomic mass is 10.4. The van der Waals surface area contributed by atoms with Crippen molar-refractivity contribution in [2.75, 3.05) is 13.6 Å². The molecule has 0 aliphatic carbocycles. The van der Waals surface area contributed by atoms with E-state index in [0.717, 1.165) is 24.7 Å². The molecular weight excluding hydrogens is 312 g/mol.